The molecule has 20 heavy (non-hydrogen) atoms. The van der Waals surface area contributed by atoms with E-state index in [2.05, 4.69) is 15.1 Å². The zero-order valence-corrected chi connectivity index (χ0v) is 11.9. The third kappa shape index (κ3) is 2.45. The first-order chi connectivity index (χ1) is 9.68. The Morgan fingerprint density at radius 2 is 2.10 bits per heavy atom. The Kier molecular flexibility index (Phi) is 3.52. The summed E-state index contributed by atoms with van der Waals surface area (Å²) in [4.78, 5) is 8.14. The first-order valence-electron chi connectivity index (χ1n) is 5.89. The Balaban J connectivity index is 2.05. The summed E-state index contributed by atoms with van der Waals surface area (Å²) in [6.45, 7) is 0.238. The fraction of sp³-hybridized carbons (Fsp3) is 0.154. The molecule has 0 aliphatic carbocycles. The summed E-state index contributed by atoms with van der Waals surface area (Å²) >= 11 is 7.30. The minimum Gasteiger partial charge on any atom is -0.376 e. The van der Waals surface area contributed by atoms with E-state index < -0.39 is 5.60 Å². The smallest absolute Gasteiger partial charge is 0.160 e. The number of benzene rings is 1. The van der Waals surface area contributed by atoms with E-state index >= 15 is 0 Å². The Morgan fingerprint density at radius 3 is 2.70 bits per heavy atom. The Hall–Kier alpha value is -1.76. The van der Waals surface area contributed by atoms with Crippen LogP contribution in [0.25, 0.3) is 0 Å². The molecule has 0 saturated carbocycles. The molecule has 0 aliphatic heterocycles. The average Bonchev–Trinajstić information content (AvgIpc) is 3.12. The van der Waals surface area contributed by atoms with Crippen LogP contribution >= 0.6 is 22.9 Å². The van der Waals surface area contributed by atoms with Crippen LogP contribution in [0.5, 0.6) is 0 Å². The number of aromatic nitrogens is 4. The van der Waals surface area contributed by atoms with Crippen molar-refractivity contribution in [3.8, 4) is 0 Å². The normalized spacial score (nSPS) is 14.1. The monoisotopic (exact) mass is 306 g/mol. The van der Waals surface area contributed by atoms with Gasteiger partial charge in [-0.2, -0.15) is 5.10 Å². The van der Waals surface area contributed by atoms with E-state index in [1.807, 2.05) is 5.38 Å². The van der Waals surface area contributed by atoms with Crippen molar-refractivity contribution in [2.75, 3.05) is 0 Å². The Morgan fingerprint density at radius 1 is 1.30 bits per heavy atom. The van der Waals surface area contributed by atoms with Gasteiger partial charge in [0.1, 0.15) is 17.7 Å². The van der Waals surface area contributed by atoms with Gasteiger partial charge in [-0.15, -0.1) is 11.3 Å². The number of rotatable bonds is 4. The molecule has 3 aromatic rings. The third-order valence-electron chi connectivity index (χ3n) is 2.97. The molecule has 0 bridgehead atoms. The van der Waals surface area contributed by atoms with E-state index in [4.69, 9.17) is 11.6 Å². The van der Waals surface area contributed by atoms with Crippen molar-refractivity contribution in [2.45, 2.75) is 12.1 Å². The first kappa shape index (κ1) is 13.2. The average molecular weight is 307 g/mol. The van der Waals surface area contributed by atoms with E-state index in [9.17, 15) is 5.11 Å². The van der Waals surface area contributed by atoms with Crippen LogP contribution in [-0.2, 0) is 12.1 Å². The van der Waals surface area contributed by atoms with Crippen LogP contribution in [-0.4, -0.2) is 24.9 Å². The highest BCUT2D eigenvalue weighted by molar-refractivity contribution is 7.09. The quantitative estimate of drug-likeness (QED) is 0.803. The van der Waals surface area contributed by atoms with Gasteiger partial charge in [0.05, 0.1) is 6.54 Å². The maximum atomic E-state index is 11.1. The van der Waals surface area contributed by atoms with Gasteiger partial charge in [0, 0.05) is 16.6 Å². The molecule has 1 unspecified atom stereocenters. The molecule has 2 aromatic heterocycles. The summed E-state index contributed by atoms with van der Waals surface area (Å²) < 4.78 is 1.58. The molecular weight excluding hydrogens is 296 g/mol. The summed E-state index contributed by atoms with van der Waals surface area (Å²) in [7, 11) is 0. The van der Waals surface area contributed by atoms with Crippen molar-refractivity contribution >= 4 is 22.9 Å². The predicted octanol–water partition coefficient (Wildman–Crippen LogP) is 2.32. The van der Waals surface area contributed by atoms with Gasteiger partial charge in [0.25, 0.3) is 0 Å². The summed E-state index contributed by atoms with van der Waals surface area (Å²) in [5.74, 6) is 0. The van der Waals surface area contributed by atoms with Crippen LogP contribution in [0.2, 0.25) is 5.02 Å². The molecule has 1 aromatic carbocycles. The van der Waals surface area contributed by atoms with Crippen molar-refractivity contribution in [2.24, 2.45) is 0 Å². The predicted molar refractivity (Wildman–Crippen MR) is 76.6 cm³/mol. The van der Waals surface area contributed by atoms with Crippen LogP contribution in [0.3, 0.4) is 0 Å². The Labute approximate surface area is 124 Å². The van der Waals surface area contributed by atoms with Crippen LogP contribution in [0.4, 0.5) is 0 Å². The SMILES string of the molecule is OC(Cn1cncn1)(c1ccc(Cl)cc1)c1nccs1. The van der Waals surface area contributed by atoms with Crippen molar-refractivity contribution in [1.29, 1.82) is 0 Å². The molecule has 3 rings (SSSR count). The molecule has 0 radical (unpaired) electrons. The van der Waals surface area contributed by atoms with Crippen LogP contribution in [0, 0.1) is 0 Å². The molecule has 5 nitrogen and oxygen atoms in total. The molecule has 0 spiro atoms. The van der Waals surface area contributed by atoms with E-state index in [1.165, 1.54) is 17.7 Å². The molecule has 7 heteroatoms. The lowest BCUT2D eigenvalue weighted by atomic mass is 9.94. The second kappa shape index (κ2) is 5.32. The summed E-state index contributed by atoms with van der Waals surface area (Å²) in [6.07, 6.45) is 4.67. The van der Waals surface area contributed by atoms with E-state index in [-0.39, 0.29) is 6.54 Å². The highest BCUT2D eigenvalue weighted by Crippen LogP contribution is 2.33. The fourth-order valence-corrected chi connectivity index (χ4v) is 2.86. The molecule has 1 atom stereocenters. The van der Waals surface area contributed by atoms with Gasteiger partial charge in [-0.3, -0.25) is 0 Å². The van der Waals surface area contributed by atoms with Gasteiger partial charge in [-0.05, 0) is 17.7 Å². The topological polar surface area (TPSA) is 63.8 Å². The largest absolute Gasteiger partial charge is 0.376 e. The fourth-order valence-electron chi connectivity index (χ4n) is 1.98. The molecular formula is C13H11ClN4OS. The van der Waals surface area contributed by atoms with Gasteiger partial charge in [-0.1, -0.05) is 23.7 Å². The summed E-state index contributed by atoms with van der Waals surface area (Å²) in [6, 6.07) is 7.08. The van der Waals surface area contributed by atoms with Gasteiger partial charge in [0.2, 0.25) is 0 Å². The molecule has 0 fully saturated rings. The van der Waals surface area contributed by atoms with Gasteiger partial charge >= 0.3 is 0 Å². The van der Waals surface area contributed by atoms with E-state index in [1.54, 1.807) is 41.5 Å². The maximum absolute atomic E-state index is 11.1. The first-order valence-corrected chi connectivity index (χ1v) is 7.15. The third-order valence-corrected chi connectivity index (χ3v) is 4.14. The van der Waals surface area contributed by atoms with Crippen molar-refractivity contribution in [3.63, 3.8) is 0 Å². The lowest BCUT2D eigenvalue weighted by Gasteiger charge is -2.26. The summed E-state index contributed by atoms with van der Waals surface area (Å²) in [5, 5.41) is 18.2. The van der Waals surface area contributed by atoms with Gasteiger partial charge in [-0.25, -0.2) is 14.6 Å². The molecule has 2 heterocycles. The van der Waals surface area contributed by atoms with E-state index in [0.717, 1.165) is 0 Å². The number of thiazole rings is 1. The Bertz CT molecular complexity index is 669. The zero-order chi connectivity index (χ0) is 14.0. The molecule has 0 aliphatic rings. The van der Waals surface area contributed by atoms with Gasteiger partial charge < -0.3 is 5.11 Å². The summed E-state index contributed by atoms with van der Waals surface area (Å²) in [5.41, 5.74) is -0.542. The molecule has 0 amide bonds. The molecule has 1 N–H and O–H groups in total. The van der Waals surface area contributed by atoms with Crippen LogP contribution < -0.4 is 0 Å². The second-order valence-electron chi connectivity index (χ2n) is 4.30. The maximum Gasteiger partial charge on any atom is 0.160 e. The van der Waals surface area contributed by atoms with E-state index in [0.29, 0.717) is 15.6 Å². The highest BCUT2D eigenvalue weighted by Gasteiger charge is 2.35. The number of hydrogen-bond donors (Lipinski definition) is 1. The standard InChI is InChI=1S/C13H11ClN4OS/c14-11-3-1-10(2-4-11)13(19,12-16-5-6-20-12)7-18-9-15-8-17-18/h1-6,8-9,19H,7H2. The van der Waals surface area contributed by atoms with Crippen molar-refractivity contribution < 1.29 is 5.11 Å². The van der Waals surface area contributed by atoms with Crippen LogP contribution in [0.15, 0.2) is 48.5 Å². The van der Waals surface area contributed by atoms with Crippen molar-refractivity contribution in [1.82, 2.24) is 19.7 Å². The minimum absolute atomic E-state index is 0.238. The lowest BCUT2D eigenvalue weighted by molar-refractivity contribution is 0.0569. The zero-order valence-electron chi connectivity index (χ0n) is 10.3. The highest BCUT2D eigenvalue weighted by atomic mass is 35.5. The molecule has 102 valence electrons. The number of halogens is 1. The van der Waals surface area contributed by atoms with Crippen molar-refractivity contribution in [3.05, 3.63) is 64.1 Å². The van der Waals surface area contributed by atoms with Crippen LogP contribution in [0.1, 0.15) is 10.6 Å². The second-order valence-corrected chi connectivity index (χ2v) is 5.63. The number of aliphatic hydroxyl groups is 1. The minimum atomic E-state index is -1.26. The molecule has 0 saturated heterocycles. The number of nitrogens with zero attached hydrogens (tertiary/aromatic N) is 4. The lowest BCUT2D eigenvalue weighted by Crippen LogP contribution is -2.33. The van der Waals surface area contributed by atoms with Gasteiger partial charge in [0.15, 0.2) is 5.60 Å². The number of hydrogen-bond acceptors (Lipinski definition) is 5.